The Balaban J connectivity index is 2.74. The Morgan fingerprint density at radius 1 is 1.47 bits per heavy atom. The molecule has 0 bridgehead atoms. The number of carboxylic acids is 1. The zero-order valence-electron chi connectivity index (χ0n) is 7.28. The van der Waals surface area contributed by atoms with Crippen molar-refractivity contribution in [3.63, 3.8) is 0 Å². The summed E-state index contributed by atoms with van der Waals surface area (Å²) in [5, 5.41) is 9.04. The molecule has 0 atom stereocenters. The van der Waals surface area contributed by atoms with Crippen molar-refractivity contribution in [3.8, 4) is 0 Å². The fourth-order valence-electron chi connectivity index (χ4n) is 1.31. The minimum atomic E-state index is -2.68. The topological polar surface area (TPSA) is 50.2 Å². The third-order valence-corrected chi connectivity index (χ3v) is 2.87. The molecule has 78 valence electrons. The lowest BCUT2D eigenvalue weighted by molar-refractivity contribution is 0.0699. The highest BCUT2D eigenvalue weighted by atomic mass is 32.1. The first kappa shape index (κ1) is 9.97. The van der Waals surface area contributed by atoms with E-state index in [0.717, 1.165) is 11.5 Å². The van der Waals surface area contributed by atoms with Gasteiger partial charge < -0.3 is 5.11 Å². The van der Waals surface area contributed by atoms with E-state index in [9.17, 15) is 13.6 Å². The molecule has 1 heterocycles. The van der Waals surface area contributed by atoms with Gasteiger partial charge in [-0.2, -0.15) is 4.37 Å². The van der Waals surface area contributed by atoms with Crippen LogP contribution in [0.1, 0.15) is 22.5 Å². The van der Waals surface area contributed by atoms with Crippen molar-refractivity contribution in [3.05, 3.63) is 29.5 Å². The fourth-order valence-corrected chi connectivity index (χ4v) is 2.20. The Hall–Kier alpha value is -1.56. The third-order valence-electron chi connectivity index (χ3n) is 1.96. The number of aromatic carboxylic acids is 1. The number of fused-ring (bicyclic) bond motifs is 1. The largest absolute Gasteiger partial charge is 0.478 e. The highest BCUT2D eigenvalue weighted by Crippen LogP contribution is 2.31. The zero-order chi connectivity index (χ0) is 11.0. The first-order valence-corrected chi connectivity index (χ1v) is 4.78. The average molecular weight is 229 g/mol. The van der Waals surface area contributed by atoms with Crippen molar-refractivity contribution in [2.24, 2.45) is 0 Å². The van der Waals surface area contributed by atoms with Crippen LogP contribution in [0.2, 0.25) is 0 Å². The Labute approximate surface area is 87.1 Å². The summed E-state index contributed by atoms with van der Waals surface area (Å²) in [6, 6.07) is 4.26. The summed E-state index contributed by atoms with van der Waals surface area (Å²) in [5.74, 6) is -1.13. The number of carbonyl (C=O) groups is 1. The summed E-state index contributed by atoms with van der Waals surface area (Å²) in [6.07, 6.45) is -2.68. The maximum Gasteiger partial charge on any atom is 0.337 e. The van der Waals surface area contributed by atoms with Gasteiger partial charge in [-0.05, 0) is 17.6 Å². The summed E-state index contributed by atoms with van der Waals surface area (Å²) in [4.78, 5) is 10.8. The van der Waals surface area contributed by atoms with Gasteiger partial charge in [0.15, 0.2) is 0 Å². The van der Waals surface area contributed by atoms with Crippen molar-refractivity contribution in [2.45, 2.75) is 6.43 Å². The summed E-state index contributed by atoms with van der Waals surface area (Å²) < 4.78 is 28.8. The molecule has 0 spiro atoms. The van der Waals surface area contributed by atoms with Crippen LogP contribution in [-0.2, 0) is 0 Å². The predicted molar refractivity (Wildman–Crippen MR) is 51.5 cm³/mol. The van der Waals surface area contributed by atoms with Gasteiger partial charge in [0.1, 0.15) is 5.69 Å². The van der Waals surface area contributed by atoms with Crippen LogP contribution in [0.5, 0.6) is 0 Å². The van der Waals surface area contributed by atoms with Crippen molar-refractivity contribution in [1.29, 1.82) is 0 Å². The molecule has 1 aromatic carbocycles. The molecule has 0 amide bonds. The van der Waals surface area contributed by atoms with Gasteiger partial charge in [0.05, 0.1) is 10.3 Å². The first-order valence-electron chi connectivity index (χ1n) is 4.01. The molecule has 1 N–H and O–H groups in total. The molecule has 0 radical (unpaired) electrons. The predicted octanol–water partition coefficient (Wildman–Crippen LogP) is 2.93. The van der Waals surface area contributed by atoms with Gasteiger partial charge in [-0.25, -0.2) is 13.6 Å². The second-order valence-corrected chi connectivity index (χ2v) is 3.63. The molecule has 0 saturated heterocycles. The van der Waals surface area contributed by atoms with E-state index in [0.29, 0.717) is 4.70 Å². The highest BCUT2D eigenvalue weighted by Gasteiger charge is 2.19. The number of hydrogen-bond donors (Lipinski definition) is 1. The van der Waals surface area contributed by atoms with E-state index in [4.69, 9.17) is 5.11 Å². The van der Waals surface area contributed by atoms with Gasteiger partial charge in [0, 0.05) is 5.39 Å². The van der Waals surface area contributed by atoms with Gasteiger partial charge >= 0.3 is 5.97 Å². The SMILES string of the molecule is O=C(O)c1cccc2c(C(F)F)nsc12. The van der Waals surface area contributed by atoms with E-state index in [1.165, 1.54) is 18.2 Å². The summed E-state index contributed by atoms with van der Waals surface area (Å²) in [6.45, 7) is 0. The number of halogens is 2. The Morgan fingerprint density at radius 2 is 2.20 bits per heavy atom. The average Bonchev–Trinajstić information content (AvgIpc) is 2.59. The van der Waals surface area contributed by atoms with Crippen molar-refractivity contribution >= 4 is 27.6 Å². The molecule has 2 aromatic rings. The summed E-state index contributed by atoms with van der Waals surface area (Å²) in [7, 11) is 0. The molecular formula is C9H5F2NO2S. The van der Waals surface area contributed by atoms with Crippen LogP contribution in [0.3, 0.4) is 0 Å². The first-order chi connectivity index (χ1) is 7.11. The molecule has 1 aromatic heterocycles. The van der Waals surface area contributed by atoms with Crippen LogP contribution < -0.4 is 0 Å². The molecule has 0 fully saturated rings. The third kappa shape index (κ3) is 1.56. The normalized spacial score (nSPS) is 11.1. The smallest absolute Gasteiger partial charge is 0.337 e. The molecule has 0 aliphatic carbocycles. The fraction of sp³-hybridized carbons (Fsp3) is 0.111. The molecule has 3 nitrogen and oxygen atoms in total. The van der Waals surface area contributed by atoms with Gasteiger partial charge in [0.2, 0.25) is 0 Å². The Bertz CT molecular complexity index is 524. The summed E-state index contributed by atoms with van der Waals surface area (Å²) in [5.41, 5.74) is -0.338. The van der Waals surface area contributed by atoms with E-state index >= 15 is 0 Å². The van der Waals surface area contributed by atoms with Crippen LogP contribution in [0.25, 0.3) is 10.1 Å². The van der Waals surface area contributed by atoms with Gasteiger partial charge in [0.25, 0.3) is 6.43 Å². The standard InChI is InChI=1S/C9H5F2NO2S/c10-8(11)6-4-2-1-3-5(9(13)14)7(4)15-12-6/h1-3,8H,(H,13,14). The van der Waals surface area contributed by atoms with Gasteiger partial charge in [-0.15, -0.1) is 0 Å². The van der Waals surface area contributed by atoms with Crippen molar-refractivity contribution in [1.82, 2.24) is 4.37 Å². The number of hydrogen-bond acceptors (Lipinski definition) is 3. The van der Waals surface area contributed by atoms with Crippen LogP contribution in [0.15, 0.2) is 18.2 Å². The Kier molecular flexibility index (Phi) is 2.36. The molecule has 6 heteroatoms. The van der Waals surface area contributed by atoms with Crippen molar-refractivity contribution < 1.29 is 18.7 Å². The lowest BCUT2D eigenvalue weighted by Crippen LogP contribution is -1.95. The van der Waals surface area contributed by atoms with E-state index in [-0.39, 0.29) is 16.6 Å². The second kappa shape index (κ2) is 3.54. The molecular weight excluding hydrogens is 224 g/mol. The molecule has 0 saturated carbocycles. The quantitative estimate of drug-likeness (QED) is 0.861. The van der Waals surface area contributed by atoms with Crippen LogP contribution in [0.4, 0.5) is 8.78 Å². The highest BCUT2D eigenvalue weighted by molar-refractivity contribution is 7.13. The minimum Gasteiger partial charge on any atom is -0.478 e. The summed E-state index contributed by atoms with van der Waals surface area (Å²) >= 11 is 0.786. The maximum absolute atomic E-state index is 12.5. The zero-order valence-corrected chi connectivity index (χ0v) is 8.09. The number of benzene rings is 1. The molecule has 2 rings (SSSR count). The monoisotopic (exact) mass is 229 g/mol. The number of alkyl halides is 2. The van der Waals surface area contributed by atoms with E-state index < -0.39 is 12.4 Å². The van der Waals surface area contributed by atoms with Crippen LogP contribution in [0, 0.1) is 0 Å². The van der Waals surface area contributed by atoms with E-state index in [1.54, 1.807) is 0 Å². The lowest BCUT2D eigenvalue weighted by atomic mass is 10.1. The number of aromatic nitrogens is 1. The Morgan fingerprint density at radius 3 is 2.80 bits per heavy atom. The molecule has 15 heavy (non-hydrogen) atoms. The number of carboxylic acid groups (broad SMARTS) is 1. The number of nitrogens with zero attached hydrogens (tertiary/aromatic N) is 1. The lowest BCUT2D eigenvalue weighted by Gasteiger charge is -1.97. The molecule has 0 aliphatic rings. The minimum absolute atomic E-state index is 0.0110. The molecule has 0 unspecified atom stereocenters. The van der Waals surface area contributed by atoms with E-state index in [2.05, 4.69) is 4.37 Å². The molecule has 0 aliphatic heterocycles. The van der Waals surface area contributed by atoms with Crippen molar-refractivity contribution in [2.75, 3.05) is 0 Å². The van der Waals surface area contributed by atoms with E-state index in [1.807, 2.05) is 0 Å². The van der Waals surface area contributed by atoms with Gasteiger partial charge in [-0.1, -0.05) is 12.1 Å². The number of rotatable bonds is 2. The maximum atomic E-state index is 12.5. The van der Waals surface area contributed by atoms with Gasteiger partial charge in [-0.3, -0.25) is 0 Å². The van der Waals surface area contributed by atoms with Crippen LogP contribution in [-0.4, -0.2) is 15.4 Å². The second-order valence-electron chi connectivity index (χ2n) is 2.86. The van der Waals surface area contributed by atoms with Crippen LogP contribution >= 0.6 is 11.5 Å².